The second-order valence-electron chi connectivity index (χ2n) is 6.78. The van der Waals surface area contributed by atoms with Crippen molar-refractivity contribution in [2.45, 2.75) is 38.6 Å². The Balaban J connectivity index is 1.55. The Labute approximate surface area is 150 Å². The molecule has 1 saturated heterocycles. The summed E-state index contributed by atoms with van der Waals surface area (Å²) in [7, 11) is 0. The third kappa shape index (κ3) is 5.75. The van der Waals surface area contributed by atoms with Crippen LogP contribution in [0.25, 0.3) is 0 Å². The first kappa shape index (κ1) is 17.7. The average Bonchev–Trinajstić information content (AvgIpc) is 3.18. The van der Waals surface area contributed by atoms with Crippen molar-refractivity contribution in [2.24, 2.45) is 0 Å². The first-order valence-corrected chi connectivity index (χ1v) is 9.38. The Bertz CT molecular complexity index is 619. The number of piperidine rings is 1. The van der Waals surface area contributed by atoms with Crippen molar-refractivity contribution in [1.29, 1.82) is 0 Å². The maximum Gasteiger partial charge on any atom is 0.224 e. The summed E-state index contributed by atoms with van der Waals surface area (Å²) in [4.78, 5) is 17.2. The minimum absolute atomic E-state index is 0.220. The van der Waals surface area contributed by atoms with Gasteiger partial charge in [0, 0.05) is 19.5 Å². The molecule has 0 radical (unpaired) electrons. The van der Waals surface area contributed by atoms with Gasteiger partial charge in [0.25, 0.3) is 0 Å². The van der Waals surface area contributed by atoms with Gasteiger partial charge in [-0.05, 0) is 50.0 Å². The number of nitrogens with zero attached hydrogens (tertiary/aromatic N) is 2. The van der Waals surface area contributed by atoms with Crippen LogP contribution in [-0.4, -0.2) is 41.9 Å². The van der Waals surface area contributed by atoms with Crippen molar-refractivity contribution < 1.29 is 9.21 Å². The molecule has 0 atom stereocenters. The van der Waals surface area contributed by atoms with E-state index in [4.69, 9.17) is 4.42 Å². The van der Waals surface area contributed by atoms with Crippen LogP contribution >= 0.6 is 0 Å². The molecule has 0 bridgehead atoms. The van der Waals surface area contributed by atoms with Crippen LogP contribution in [-0.2, 0) is 17.8 Å². The first-order chi connectivity index (χ1) is 12.3. The van der Waals surface area contributed by atoms with Crippen molar-refractivity contribution in [3.05, 3.63) is 60.1 Å². The van der Waals surface area contributed by atoms with Crippen LogP contribution in [0.3, 0.4) is 0 Å². The molecule has 0 unspecified atom stereocenters. The molecule has 2 heterocycles. The second kappa shape index (κ2) is 9.42. The number of hydrogen-bond acceptors (Lipinski definition) is 3. The maximum atomic E-state index is 12.8. The van der Waals surface area contributed by atoms with Crippen LogP contribution < -0.4 is 0 Å². The molecule has 1 fully saturated rings. The Morgan fingerprint density at radius 1 is 1.04 bits per heavy atom. The average molecular weight is 340 g/mol. The van der Waals surface area contributed by atoms with E-state index in [1.807, 2.05) is 35.2 Å². The zero-order valence-corrected chi connectivity index (χ0v) is 14.9. The number of rotatable bonds is 8. The Morgan fingerprint density at radius 3 is 2.56 bits per heavy atom. The third-order valence-electron chi connectivity index (χ3n) is 4.88. The van der Waals surface area contributed by atoms with E-state index >= 15 is 0 Å². The van der Waals surface area contributed by atoms with Gasteiger partial charge >= 0.3 is 0 Å². The normalized spacial score (nSPS) is 15.2. The number of carbonyl (C=O) groups is 1. The predicted octanol–water partition coefficient (Wildman–Crippen LogP) is 3.73. The lowest BCUT2D eigenvalue weighted by molar-refractivity contribution is -0.132. The monoisotopic (exact) mass is 340 g/mol. The highest BCUT2D eigenvalue weighted by Gasteiger charge is 2.17. The van der Waals surface area contributed by atoms with Crippen molar-refractivity contribution >= 4 is 5.91 Å². The molecule has 2 aromatic rings. The smallest absolute Gasteiger partial charge is 0.224 e. The molecule has 134 valence electrons. The number of likely N-dealkylation sites (tertiary alicyclic amines) is 1. The number of hydrogen-bond donors (Lipinski definition) is 0. The molecule has 1 aromatic heterocycles. The molecule has 3 rings (SSSR count). The fraction of sp³-hybridized carbons (Fsp3) is 0.476. The molecule has 1 aliphatic heterocycles. The summed E-state index contributed by atoms with van der Waals surface area (Å²) >= 11 is 0. The van der Waals surface area contributed by atoms with E-state index in [1.54, 1.807) is 6.26 Å². The lowest BCUT2D eigenvalue weighted by atomic mass is 10.1. The molecule has 1 amide bonds. The van der Waals surface area contributed by atoms with Crippen LogP contribution in [0.15, 0.2) is 53.1 Å². The summed E-state index contributed by atoms with van der Waals surface area (Å²) in [6.45, 7) is 4.42. The van der Waals surface area contributed by atoms with Gasteiger partial charge in [0.05, 0.1) is 12.8 Å². The summed E-state index contributed by atoms with van der Waals surface area (Å²) in [5, 5.41) is 0. The Morgan fingerprint density at radius 2 is 1.84 bits per heavy atom. The van der Waals surface area contributed by atoms with Gasteiger partial charge in [-0.3, -0.25) is 4.79 Å². The van der Waals surface area contributed by atoms with E-state index in [1.165, 1.54) is 24.8 Å². The van der Waals surface area contributed by atoms with Crippen LogP contribution in [0.1, 0.15) is 37.0 Å². The molecule has 0 saturated carbocycles. The van der Waals surface area contributed by atoms with E-state index in [0.717, 1.165) is 38.4 Å². The highest BCUT2D eigenvalue weighted by atomic mass is 16.3. The topological polar surface area (TPSA) is 36.7 Å². The van der Waals surface area contributed by atoms with Crippen molar-refractivity contribution in [3.8, 4) is 0 Å². The molecular formula is C21H28N2O2. The molecule has 0 spiro atoms. The minimum atomic E-state index is 0.220. The molecule has 4 heteroatoms. The van der Waals surface area contributed by atoms with Gasteiger partial charge in [-0.2, -0.15) is 0 Å². The molecule has 1 aliphatic rings. The van der Waals surface area contributed by atoms with Crippen molar-refractivity contribution in [1.82, 2.24) is 9.80 Å². The highest BCUT2D eigenvalue weighted by Crippen LogP contribution is 2.12. The van der Waals surface area contributed by atoms with Crippen molar-refractivity contribution in [2.75, 3.05) is 26.2 Å². The molecule has 25 heavy (non-hydrogen) atoms. The molecule has 1 aromatic carbocycles. The standard InChI is InChI=1S/C21H28N2O2/c24-21(12-15-22-13-5-2-6-14-22)23(18-20-10-7-17-25-20)16-11-19-8-3-1-4-9-19/h1,3-4,7-10,17H,2,5-6,11-16,18H2. The molecule has 0 N–H and O–H groups in total. The fourth-order valence-corrected chi connectivity index (χ4v) is 3.39. The second-order valence-corrected chi connectivity index (χ2v) is 6.78. The molecular weight excluding hydrogens is 312 g/mol. The van der Waals surface area contributed by atoms with Gasteiger partial charge in [-0.1, -0.05) is 36.8 Å². The molecule has 0 aliphatic carbocycles. The van der Waals surface area contributed by atoms with Gasteiger partial charge in [0.15, 0.2) is 0 Å². The number of amides is 1. The number of furan rings is 1. The van der Waals surface area contributed by atoms with E-state index in [-0.39, 0.29) is 5.91 Å². The summed E-state index contributed by atoms with van der Waals surface area (Å²) in [6.07, 6.45) is 6.98. The van der Waals surface area contributed by atoms with Crippen LogP contribution in [0.4, 0.5) is 0 Å². The number of benzene rings is 1. The highest BCUT2D eigenvalue weighted by molar-refractivity contribution is 5.76. The molecule has 4 nitrogen and oxygen atoms in total. The zero-order valence-electron chi connectivity index (χ0n) is 14.9. The minimum Gasteiger partial charge on any atom is -0.467 e. The van der Waals surface area contributed by atoms with Gasteiger partial charge in [0.2, 0.25) is 5.91 Å². The van der Waals surface area contributed by atoms with E-state index in [0.29, 0.717) is 13.0 Å². The van der Waals surface area contributed by atoms with Crippen LogP contribution in [0.5, 0.6) is 0 Å². The van der Waals surface area contributed by atoms with E-state index in [9.17, 15) is 4.79 Å². The predicted molar refractivity (Wildman–Crippen MR) is 99.2 cm³/mol. The zero-order chi connectivity index (χ0) is 17.3. The van der Waals surface area contributed by atoms with Gasteiger partial charge in [-0.15, -0.1) is 0 Å². The maximum absolute atomic E-state index is 12.8. The van der Waals surface area contributed by atoms with Gasteiger partial charge < -0.3 is 14.2 Å². The summed E-state index contributed by atoms with van der Waals surface area (Å²) in [5.41, 5.74) is 1.26. The van der Waals surface area contributed by atoms with Gasteiger partial charge in [-0.25, -0.2) is 0 Å². The van der Waals surface area contributed by atoms with Crippen LogP contribution in [0.2, 0.25) is 0 Å². The lowest BCUT2D eigenvalue weighted by Gasteiger charge is -2.28. The van der Waals surface area contributed by atoms with Gasteiger partial charge in [0.1, 0.15) is 5.76 Å². The van der Waals surface area contributed by atoms with Crippen molar-refractivity contribution in [3.63, 3.8) is 0 Å². The first-order valence-electron chi connectivity index (χ1n) is 9.38. The fourth-order valence-electron chi connectivity index (χ4n) is 3.39. The lowest BCUT2D eigenvalue weighted by Crippen LogP contribution is -2.37. The Kier molecular flexibility index (Phi) is 6.69. The number of carbonyl (C=O) groups excluding carboxylic acids is 1. The Hall–Kier alpha value is -2.07. The summed E-state index contributed by atoms with van der Waals surface area (Å²) in [6, 6.07) is 14.2. The quantitative estimate of drug-likeness (QED) is 0.735. The van der Waals surface area contributed by atoms with Crippen LogP contribution in [0, 0.1) is 0 Å². The van der Waals surface area contributed by atoms with E-state index < -0.39 is 0 Å². The summed E-state index contributed by atoms with van der Waals surface area (Å²) < 4.78 is 5.46. The SMILES string of the molecule is O=C(CCN1CCCCC1)N(CCc1ccccc1)Cc1ccco1. The van der Waals surface area contributed by atoms with E-state index in [2.05, 4.69) is 17.0 Å². The largest absolute Gasteiger partial charge is 0.467 e. The third-order valence-corrected chi connectivity index (χ3v) is 4.88. The summed E-state index contributed by atoms with van der Waals surface area (Å²) in [5.74, 6) is 1.07.